The van der Waals surface area contributed by atoms with Crippen molar-refractivity contribution in [2.24, 2.45) is 5.92 Å². The predicted octanol–water partition coefficient (Wildman–Crippen LogP) is 6.00. The number of hydrogen-bond donors (Lipinski definition) is 1. The van der Waals surface area contributed by atoms with Crippen molar-refractivity contribution in [1.82, 2.24) is 14.5 Å². The largest absolute Gasteiger partial charge is 0.350 e. The van der Waals surface area contributed by atoms with E-state index in [4.69, 9.17) is 11.6 Å². The lowest BCUT2D eigenvalue weighted by Crippen LogP contribution is -2.34. The van der Waals surface area contributed by atoms with E-state index in [1.807, 2.05) is 26.8 Å². The molecule has 0 atom stereocenters. The minimum atomic E-state index is -0.500. The molecule has 0 saturated heterocycles. The van der Waals surface area contributed by atoms with Crippen LogP contribution in [-0.2, 0) is 5.54 Å². The molecule has 0 saturated carbocycles. The summed E-state index contributed by atoms with van der Waals surface area (Å²) in [5.41, 5.74) is 1.39. The number of rotatable bonds is 4. The van der Waals surface area contributed by atoms with Gasteiger partial charge in [0.1, 0.15) is 5.65 Å². The summed E-state index contributed by atoms with van der Waals surface area (Å²) in [7, 11) is 0. The van der Waals surface area contributed by atoms with E-state index >= 15 is 0 Å². The number of hydrogen-bond acceptors (Lipinski definition) is 2. The van der Waals surface area contributed by atoms with Gasteiger partial charge in [-0.3, -0.25) is 4.57 Å². The second-order valence-corrected chi connectivity index (χ2v) is 8.85. The lowest BCUT2D eigenvalue weighted by atomic mass is 10.0. The number of H-pyrrole nitrogens is 1. The minimum Gasteiger partial charge on any atom is -0.339 e. The fourth-order valence-corrected chi connectivity index (χ4v) is 3.23. The summed E-state index contributed by atoms with van der Waals surface area (Å²) >= 11 is 6.13. The molecular weight excluding hydrogens is 377 g/mol. The van der Waals surface area contributed by atoms with Crippen LogP contribution in [0.4, 0.5) is 4.39 Å². The Balaban J connectivity index is 2.10. The maximum Gasteiger partial charge on any atom is 0.350 e. The summed E-state index contributed by atoms with van der Waals surface area (Å²) in [5, 5.41) is 0.795. The highest BCUT2D eigenvalue weighted by Gasteiger charge is 2.18. The molecule has 0 spiro atoms. The first-order valence-corrected chi connectivity index (χ1v) is 9.73. The van der Waals surface area contributed by atoms with Gasteiger partial charge in [0.05, 0.1) is 10.7 Å². The Bertz CT molecular complexity index is 1100. The van der Waals surface area contributed by atoms with E-state index < -0.39 is 11.4 Å². The molecule has 1 aromatic carbocycles. The molecule has 148 valence electrons. The van der Waals surface area contributed by atoms with Gasteiger partial charge in [-0.1, -0.05) is 37.6 Å². The number of aromatic nitrogens is 3. The predicted molar refractivity (Wildman–Crippen MR) is 114 cm³/mol. The second kappa shape index (κ2) is 7.55. The quantitative estimate of drug-likeness (QED) is 0.583. The third kappa shape index (κ3) is 4.20. The number of benzene rings is 1. The number of aromatic amines is 1. The molecule has 0 bridgehead atoms. The van der Waals surface area contributed by atoms with Gasteiger partial charge in [0, 0.05) is 22.7 Å². The zero-order chi connectivity index (χ0) is 20.6. The summed E-state index contributed by atoms with van der Waals surface area (Å²) in [5.74, 6) is 0.0440. The van der Waals surface area contributed by atoms with Crippen LogP contribution < -0.4 is 5.69 Å². The highest BCUT2D eigenvalue weighted by atomic mass is 35.5. The topological polar surface area (TPSA) is 50.7 Å². The molecule has 4 nitrogen and oxygen atoms in total. The number of halogens is 2. The lowest BCUT2D eigenvalue weighted by molar-refractivity contribution is 0.380. The van der Waals surface area contributed by atoms with Crippen LogP contribution in [0.1, 0.15) is 46.6 Å². The summed E-state index contributed by atoms with van der Waals surface area (Å²) in [6.07, 6.45) is 6.68. The first-order chi connectivity index (χ1) is 13.1. The van der Waals surface area contributed by atoms with Crippen molar-refractivity contribution in [2.45, 2.75) is 46.6 Å². The third-order valence-electron chi connectivity index (χ3n) is 4.49. The molecule has 0 aliphatic carbocycles. The van der Waals surface area contributed by atoms with Crippen LogP contribution in [0.2, 0.25) is 5.02 Å². The molecule has 2 aromatic heterocycles. The Morgan fingerprint density at radius 2 is 2.00 bits per heavy atom. The highest BCUT2D eigenvalue weighted by molar-refractivity contribution is 6.31. The van der Waals surface area contributed by atoms with Crippen LogP contribution in [0, 0.1) is 11.7 Å². The first-order valence-electron chi connectivity index (χ1n) is 9.35. The normalized spacial score (nSPS) is 12.6. The van der Waals surface area contributed by atoms with Gasteiger partial charge < -0.3 is 4.98 Å². The molecule has 0 unspecified atom stereocenters. The summed E-state index contributed by atoms with van der Waals surface area (Å²) < 4.78 is 16.3. The van der Waals surface area contributed by atoms with Gasteiger partial charge in [-0.25, -0.2) is 9.18 Å². The van der Waals surface area contributed by atoms with Crippen molar-refractivity contribution in [1.29, 1.82) is 0 Å². The van der Waals surface area contributed by atoms with Gasteiger partial charge in [-0.05, 0) is 56.9 Å². The molecule has 0 aliphatic rings. The molecule has 28 heavy (non-hydrogen) atoms. The van der Waals surface area contributed by atoms with Gasteiger partial charge in [-0.15, -0.1) is 0 Å². The molecular formula is C22H25ClFN3O. The van der Waals surface area contributed by atoms with E-state index in [1.165, 1.54) is 0 Å². The van der Waals surface area contributed by atoms with Crippen molar-refractivity contribution in [3.05, 3.63) is 57.4 Å². The van der Waals surface area contributed by atoms with Crippen LogP contribution in [0.15, 0.2) is 35.3 Å². The molecule has 0 amide bonds. The Kier molecular flexibility index (Phi) is 5.48. The second-order valence-electron chi connectivity index (χ2n) is 8.45. The monoisotopic (exact) mass is 401 g/mol. The van der Waals surface area contributed by atoms with E-state index in [0.717, 1.165) is 17.4 Å². The summed E-state index contributed by atoms with van der Waals surface area (Å²) in [4.78, 5) is 19.5. The maximum atomic E-state index is 14.7. The van der Waals surface area contributed by atoms with Crippen molar-refractivity contribution in [2.75, 3.05) is 0 Å². The Morgan fingerprint density at radius 3 is 2.64 bits per heavy atom. The Morgan fingerprint density at radius 1 is 1.29 bits per heavy atom. The number of nitrogens with one attached hydrogen (secondary N) is 1. The van der Waals surface area contributed by atoms with E-state index in [-0.39, 0.29) is 10.7 Å². The van der Waals surface area contributed by atoms with Gasteiger partial charge in [-0.2, -0.15) is 4.98 Å². The molecule has 0 fully saturated rings. The number of fused-ring (bicyclic) bond motifs is 1. The van der Waals surface area contributed by atoms with Gasteiger partial charge in [0.25, 0.3) is 0 Å². The lowest BCUT2D eigenvalue weighted by Gasteiger charge is -2.21. The fraction of sp³-hybridized carbons (Fsp3) is 0.364. The molecule has 3 aromatic rings. The molecule has 6 heteroatoms. The Hall–Kier alpha value is -2.40. The molecule has 3 rings (SSSR count). The molecule has 0 aliphatic heterocycles. The molecule has 2 heterocycles. The van der Waals surface area contributed by atoms with E-state index in [9.17, 15) is 9.18 Å². The Labute approximate surface area is 169 Å². The third-order valence-corrected chi connectivity index (χ3v) is 4.76. The molecule has 0 radical (unpaired) electrons. The van der Waals surface area contributed by atoms with E-state index in [2.05, 4.69) is 29.9 Å². The van der Waals surface area contributed by atoms with Crippen LogP contribution in [-0.4, -0.2) is 14.5 Å². The summed E-state index contributed by atoms with van der Waals surface area (Å²) in [6.45, 7) is 10.1. The van der Waals surface area contributed by atoms with Crippen molar-refractivity contribution < 1.29 is 4.39 Å². The van der Waals surface area contributed by atoms with Crippen LogP contribution >= 0.6 is 11.6 Å². The average molecular weight is 402 g/mol. The van der Waals surface area contributed by atoms with Crippen molar-refractivity contribution in [3.8, 4) is 11.3 Å². The minimum absolute atomic E-state index is 0.0579. The van der Waals surface area contributed by atoms with Crippen LogP contribution in [0.3, 0.4) is 0 Å². The number of nitrogens with zero attached hydrogens (tertiary/aromatic N) is 2. The smallest absolute Gasteiger partial charge is 0.339 e. The maximum absolute atomic E-state index is 14.7. The van der Waals surface area contributed by atoms with Crippen molar-refractivity contribution >= 4 is 28.7 Å². The zero-order valence-electron chi connectivity index (χ0n) is 16.8. The van der Waals surface area contributed by atoms with E-state index in [0.29, 0.717) is 22.8 Å². The summed E-state index contributed by atoms with van der Waals surface area (Å²) in [6, 6.07) is 5.15. The fourth-order valence-electron chi connectivity index (χ4n) is 3.00. The van der Waals surface area contributed by atoms with Crippen molar-refractivity contribution in [3.63, 3.8) is 0 Å². The number of allylic oxidation sites excluding steroid dienone is 1. The van der Waals surface area contributed by atoms with Crippen LogP contribution in [0.5, 0.6) is 0 Å². The molecule has 1 N–H and O–H groups in total. The van der Waals surface area contributed by atoms with Crippen LogP contribution in [0.25, 0.3) is 28.4 Å². The average Bonchev–Trinajstić information content (AvgIpc) is 2.98. The SMILES string of the molecule is CC(C)C/C=C/c1cc(Cl)c(F)c(-c2cc3cn(C(C)(C)C)c(=O)nc3[nH]2)c1. The zero-order valence-corrected chi connectivity index (χ0v) is 17.6. The van der Waals surface area contributed by atoms with Gasteiger partial charge >= 0.3 is 5.69 Å². The standard InChI is InChI=1S/C22H25ClFN3O/c1-13(2)7-6-8-14-9-16(19(24)17(23)10-14)18-11-15-12-27(22(3,4)5)21(28)26-20(15)25-18/h6,8-13H,7H2,1-5H3,(H,25,26,28)/b8-6+. The highest BCUT2D eigenvalue weighted by Crippen LogP contribution is 2.31. The van der Waals surface area contributed by atoms with Gasteiger partial charge in [0.2, 0.25) is 0 Å². The van der Waals surface area contributed by atoms with E-state index in [1.54, 1.807) is 29.0 Å². The van der Waals surface area contributed by atoms with Gasteiger partial charge in [0.15, 0.2) is 5.82 Å². The first kappa shape index (κ1) is 20.3.